The second-order valence-corrected chi connectivity index (χ2v) is 5.26. The van der Waals surface area contributed by atoms with E-state index in [1.54, 1.807) is 0 Å². The summed E-state index contributed by atoms with van der Waals surface area (Å²) in [5.41, 5.74) is 0. The Labute approximate surface area is 128 Å². The van der Waals surface area contributed by atoms with E-state index >= 15 is 0 Å². The summed E-state index contributed by atoms with van der Waals surface area (Å²) < 4.78 is 5.33. The van der Waals surface area contributed by atoms with E-state index in [0.29, 0.717) is 0 Å². The predicted octanol–water partition coefficient (Wildman–Crippen LogP) is 5.50. The topological polar surface area (TPSA) is 49.7 Å². The fraction of sp³-hybridized carbons (Fsp3) is 0. The van der Waals surface area contributed by atoms with Gasteiger partial charge in [0.1, 0.15) is 0 Å². The van der Waals surface area contributed by atoms with Gasteiger partial charge in [-0.2, -0.15) is 0 Å². The van der Waals surface area contributed by atoms with Crippen molar-refractivity contribution < 1.29 is 14.9 Å². The third-order valence-electron chi connectivity index (χ3n) is 2.21. The highest BCUT2D eigenvalue weighted by molar-refractivity contribution is 6.36. The first kappa shape index (κ1) is 14.4. The minimum absolute atomic E-state index is 0.0221. The van der Waals surface area contributed by atoms with Crippen LogP contribution >= 0.6 is 46.4 Å². The van der Waals surface area contributed by atoms with Crippen molar-refractivity contribution in [2.24, 2.45) is 0 Å². The molecule has 100 valence electrons. The maximum absolute atomic E-state index is 9.75. The van der Waals surface area contributed by atoms with Gasteiger partial charge in [0.15, 0.2) is 23.0 Å². The van der Waals surface area contributed by atoms with Crippen LogP contribution in [0.25, 0.3) is 0 Å². The monoisotopic (exact) mass is 338 g/mol. The smallest absolute Gasteiger partial charge is 0.177 e. The predicted molar refractivity (Wildman–Crippen MR) is 76.3 cm³/mol. The average molecular weight is 340 g/mol. The lowest BCUT2D eigenvalue weighted by Crippen LogP contribution is -1.87. The van der Waals surface area contributed by atoms with Crippen LogP contribution < -0.4 is 4.74 Å². The van der Waals surface area contributed by atoms with Gasteiger partial charge in [0, 0.05) is 22.2 Å². The molecular formula is C12H6Cl4O3. The molecule has 0 unspecified atom stereocenters. The third kappa shape index (κ3) is 3.12. The van der Waals surface area contributed by atoms with Gasteiger partial charge < -0.3 is 14.9 Å². The number of halogens is 4. The summed E-state index contributed by atoms with van der Waals surface area (Å²) in [6.45, 7) is 0. The van der Waals surface area contributed by atoms with Crippen LogP contribution in [0.2, 0.25) is 20.1 Å². The highest BCUT2D eigenvalue weighted by Gasteiger charge is 2.14. The molecule has 7 heteroatoms. The maximum Gasteiger partial charge on any atom is 0.177 e. The zero-order valence-electron chi connectivity index (χ0n) is 9.12. The van der Waals surface area contributed by atoms with Gasteiger partial charge in [-0.05, 0) is 12.1 Å². The Morgan fingerprint density at radius 3 is 1.42 bits per heavy atom. The molecule has 0 aliphatic carbocycles. The van der Waals surface area contributed by atoms with Crippen molar-refractivity contribution in [3.8, 4) is 23.0 Å². The first-order chi connectivity index (χ1) is 8.88. The second kappa shape index (κ2) is 5.55. The largest absolute Gasteiger partial charge is 0.503 e. The van der Waals surface area contributed by atoms with Crippen LogP contribution in [-0.2, 0) is 0 Å². The van der Waals surface area contributed by atoms with E-state index in [0.717, 1.165) is 0 Å². The van der Waals surface area contributed by atoms with Crippen LogP contribution in [0.15, 0.2) is 24.3 Å². The lowest BCUT2D eigenvalue weighted by atomic mass is 10.3. The fourth-order valence-electron chi connectivity index (χ4n) is 1.36. The van der Waals surface area contributed by atoms with Crippen molar-refractivity contribution in [1.29, 1.82) is 0 Å². The van der Waals surface area contributed by atoms with Gasteiger partial charge >= 0.3 is 0 Å². The lowest BCUT2D eigenvalue weighted by molar-refractivity contribution is 0.385. The van der Waals surface area contributed by atoms with E-state index in [2.05, 4.69) is 0 Å². The van der Waals surface area contributed by atoms with Crippen molar-refractivity contribution in [2.45, 2.75) is 0 Å². The molecule has 19 heavy (non-hydrogen) atoms. The number of ether oxygens (including phenoxy) is 1. The van der Waals surface area contributed by atoms with Gasteiger partial charge in [-0.15, -0.1) is 0 Å². The Morgan fingerprint density at radius 2 is 1.05 bits per heavy atom. The SMILES string of the molecule is Oc1c(Cl)cc(Cl)cc1Oc1cc(Cl)cc(Cl)c1O. The average Bonchev–Trinajstić information content (AvgIpc) is 2.31. The molecule has 0 aliphatic heterocycles. The summed E-state index contributed by atoms with van der Waals surface area (Å²) in [6, 6.07) is 5.40. The van der Waals surface area contributed by atoms with Crippen LogP contribution in [0.5, 0.6) is 23.0 Å². The number of phenols is 2. The summed E-state index contributed by atoms with van der Waals surface area (Å²) in [6.07, 6.45) is 0. The first-order valence-electron chi connectivity index (χ1n) is 4.92. The van der Waals surface area contributed by atoms with Crippen LogP contribution in [0.3, 0.4) is 0 Å². The molecule has 3 nitrogen and oxygen atoms in total. The Morgan fingerprint density at radius 1 is 0.684 bits per heavy atom. The normalized spacial score (nSPS) is 10.5. The summed E-state index contributed by atoms with van der Waals surface area (Å²) in [7, 11) is 0. The van der Waals surface area contributed by atoms with Gasteiger partial charge in [0.2, 0.25) is 0 Å². The molecule has 0 aliphatic rings. The summed E-state index contributed by atoms with van der Waals surface area (Å²) in [5, 5.41) is 20.1. The number of phenolic OH excluding ortho intramolecular Hbond substituents is 2. The van der Waals surface area contributed by atoms with Crippen molar-refractivity contribution >= 4 is 46.4 Å². The molecule has 0 fully saturated rings. The van der Waals surface area contributed by atoms with E-state index in [1.807, 2.05) is 0 Å². The van der Waals surface area contributed by atoms with Crippen LogP contribution in [0.4, 0.5) is 0 Å². The van der Waals surface area contributed by atoms with E-state index in [1.165, 1.54) is 24.3 Å². The van der Waals surface area contributed by atoms with Crippen molar-refractivity contribution in [2.75, 3.05) is 0 Å². The molecule has 2 rings (SSSR count). The van der Waals surface area contributed by atoms with E-state index in [-0.39, 0.29) is 43.1 Å². The molecule has 2 aromatic carbocycles. The van der Waals surface area contributed by atoms with Gasteiger partial charge in [-0.3, -0.25) is 0 Å². The summed E-state index contributed by atoms with van der Waals surface area (Å²) >= 11 is 23.1. The molecule has 0 amide bonds. The molecule has 0 saturated carbocycles. The standard InChI is InChI=1S/C12H6Cl4O3/c13-5-1-7(15)11(17)9(3-5)19-10-4-6(14)2-8(16)12(10)18/h1-4,17-18H. The molecular weight excluding hydrogens is 334 g/mol. The highest BCUT2D eigenvalue weighted by atomic mass is 35.5. The second-order valence-electron chi connectivity index (χ2n) is 3.57. The number of aromatic hydroxyl groups is 2. The number of hydrogen-bond acceptors (Lipinski definition) is 3. The number of benzene rings is 2. The van der Waals surface area contributed by atoms with Crippen molar-refractivity contribution in [1.82, 2.24) is 0 Å². The Balaban J connectivity index is 2.47. The first-order valence-corrected chi connectivity index (χ1v) is 6.43. The van der Waals surface area contributed by atoms with E-state index in [4.69, 9.17) is 51.1 Å². The minimum atomic E-state index is -0.304. The lowest BCUT2D eigenvalue weighted by Gasteiger charge is -2.11. The van der Waals surface area contributed by atoms with Crippen LogP contribution in [0, 0.1) is 0 Å². The van der Waals surface area contributed by atoms with Crippen LogP contribution in [0.1, 0.15) is 0 Å². The number of rotatable bonds is 2. The van der Waals surface area contributed by atoms with E-state index < -0.39 is 0 Å². The zero-order valence-corrected chi connectivity index (χ0v) is 12.1. The molecule has 0 heterocycles. The fourth-order valence-corrected chi connectivity index (χ4v) is 2.31. The molecule has 0 bridgehead atoms. The third-order valence-corrected chi connectivity index (χ3v) is 3.22. The Kier molecular flexibility index (Phi) is 4.21. The molecule has 2 N–H and O–H groups in total. The quantitative estimate of drug-likeness (QED) is 0.759. The number of hydrogen-bond donors (Lipinski definition) is 2. The molecule has 0 atom stereocenters. The maximum atomic E-state index is 9.75. The van der Waals surface area contributed by atoms with Gasteiger partial charge in [-0.1, -0.05) is 46.4 Å². The molecule has 0 radical (unpaired) electrons. The van der Waals surface area contributed by atoms with Crippen molar-refractivity contribution in [3.05, 3.63) is 44.4 Å². The molecule has 0 spiro atoms. The van der Waals surface area contributed by atoms with Gasteiger partial charge in [0.25, 0.3) is 0 Å². The highest BCUT2D eigenvalue weighted by Crippen LogP contribution is 2.44. The van der Waals surface area contributed by atoms with Gasteiger partial charge in [0.05, 0.1) is 10.0 Å². The molecule has 0 aromatic heterocycles. The van der Waals surface area contributed by atoms with E-state index in [9.17, 15) is 10.2 Å². The Hall–Kier alpha value is -1.00. The van der Waals surface area contributed by atoms with Crippen molar-refractivity contribution in [3.63, 3.8) is 0 Å². The molecule has 0 saturated heterocycles. The van der Waals surface area contributed by atoms with Crippen LogP contribution in [-0.4, -0.2) is 10.2 Å². The zero-order chi connectivity index (χ0) is 14.2. The summed E-state index contributed by atoms with van der Waals surface area (Å²) in [5.74, 6) is -0.652. The minimum Gasteiger partial charge on any atom is -0.503 e. The van der Waals surface area contributed by atoms with Gasteiger partial charge in [-0.25, -0.2) is 0 Å². The molecule has 2 aromatic rings. The Bertz CT molecular complexity index is 588. The summed E-state index contributed by atoms with van der Waals surface area (Å²) in [4.78, 5) is 0.